The van der Waals surface area contributed by atoms with Gasteiger partial charge in [-0.15, -0.1) is 0 Å². The summed E-state index contributed by atoms with van der Waals surface area (Å²) < 4.78 is 5.68. The molecule has 1 aromatic carbocycles. The Balaban J connectivity index is 2.28. The van der Waals surface area contributed by atoms with Crippen molar-refractivity contribution >= 4 is 5.91 Å². The molecule has 0 saturated carbocycles. The maximum Gasteiger partial charge on any atom is 0.222 e. The van der Waals surface area contributed by atoms with Gasteiger partial charge in [0.2, 0.25) is 5.91 Å². The van der Waals surface area contributed by atoms with Crippen LogP contribution in [0.4, 0.5) is 0 Å². The molecule has 124 valence electrons. The number of hydrogen-bond donors (Lipinski definition) is 1. The van der Waals surface area contributed by atoms with Crippen molar-refractivity contribution in [2.24, 2.45) is 5.92 Å². The van der Waals surface area contributed by atoms with E-state index in [0.29, 0.717) is 25.5 Å². The zero-order chi connectivity index (χ0) is 16.6. The van der Waals surface area contributed by atoms with Gasteiger partial charge in [-0.25, -0.2) is 0 Å². The van der Waals surface area contributed by atoms with Gasteiger partial charge in [0.1, 0.15) is 0 Å². The summed E-state index contributed by atoms with van der Waals surface area (Å²) in [7, 11) is 0. The second-order valence-corrected chi connectivity index (χ2v) is 7.09. The molecule has 0 aliphatic heterocycles. The Morgan fingerprint density at radius 3 is 2.41 bits per heavy atom. The lowest BCUT2D eigenvalue weighted by Gasteiger charge is -2.25. The molecule has 3 heteroatoms. The quantitative estimate of drug-likeness (QED) is 0.751. The van der Waals surface area contributed by atoms with Crippen molar-refractivity contribution in [3.63, 3.8) is 0 Å². The Morgan fingerprint density at radius 2 is 1.82 bits per heavy atom. The van der Waals surface area contributed by atoms with E-state index < -0.39 is 0 Å². The van der Waals surface area contributed by atoms with E-state index in [9.17, 15) is 4.79 Å². The molecule has 0 bridgehead atoms. The van der Waals surface area contributed by atoms with E-state index in [4.69, 9.17) is 4.74 Å². The van der Waals surface area contributed by atoms with Crippen molar-refractivity contribution in [1.82, 2.24) is 5.32 Å². The molecule has 0 aromatic heterocycles. The molecular formula is C19H31NO2. The van der Waals surface area contributed by atoms with Crippen LogP contribution in [0.15, 0.2) is 30.3 Å². The van der Waals surface area contributed by atoms with E-state index in [1.807, 2.05) is 18.2 Å². The van der Waals surface area contributed by atoms with E-state index in [0.717, 1.165) is 6.42 Å². The lowest BCUT2D eigenvalue weighted by atomic mass is 9.84. The van der Waals surface area contributed by atoms with Crippen LogP contribution in [-0.2, 0) is 14.9 Å². The maximum atomic E-state index is 11.9. The van der Waals surface area contributed by atoms with Crippen molar-refractivity contribution in [1.29, 1.82) is 0 Å². The fraction of sp³-hybridized carbons (Fsp3) is 0.632. The number of hydrogen-bond acceptors (Lipinski definition) is 2. The van der Waals surface area contributed by atoms with E-state index in [1.54, 1.807) is 0 Å². The number of benzene rings is 1. The van der Waals surface area contributed by atoms with Crippen LogP contribution in [0, 0.1) is 5.92 Å². The molecule has 1 amide bonds. The highest BCUT2D eigenvalue weighted by Crippen LogP contribution is 2.21. The summed E-state index contributed by atoms with van der Waals surface area (Å²) in [5.74, 6) is 0.677. The first-order valence-corrected chi connectivity index (χ1v) is 8.25. The number of carbonyl (C=O) groups is 1. The van der Waals surface area contributed by atoms with Gasteiger partial charge >= 0.3 is 0 Å². The third kappa shape index (κ3) is 7.08. The number of ether oxygens (including phenoxy) is 1. The third-order valence-corrected chi connectivity index (χ3v) is 3.82. The van der Waals surface area contributed by atoms with Crippen LogP contribution in [0.1, 0.15) is 53.0 Å². The monoisotopic (exact) mass is 305 g/mol. The zero-order valence-electron chi connectivity index (χ0n) is 14.7. The molecule has 3 nitrogen and oxygen atoms in total. The Morgan fingerprint density at radius 1 is 1.18 bits per heavy atom. The molecule has 0 fully saturated rings. The highest BCUT2D eigenvalue weighted by molar-refractivity contribution is 5.76. The van der Waals surface area contributed by atoms with E-state index in [2.05, 4.69) is 52.1 Å². The van der Waals surface area contributed by atoms with Gasteiger partial charge in [0.25, 0.3) is 0 Å². The molecular weight excluding hydrogens is 274 g/mol. The molecule has 0 aliphatic rings. The standard InChI is InChI=1S/C19H31NO2/c1-15(2)13-16(3)22-12-11-18(21)20-14-19(4,5)17-9-7-6-8-10-17/h6-10,15-16H,11-14H2,1-5H3,(H,20,21)/t16-/m1/s1. The SMILES string of the molecule is CC(C)C[C@@H](C)OCCC(=O)NCC(C)(C)c1ccccc1. The first kappa shape index (κ1) is 18.7. The molecule has 1 N–H and O–H groups in total. The second kappa shape index (κ2) is 8.94. The van der Waals surface area contributed by atoms with Gasteiger partial charge in [-0.1, -0.05) is 58.0 Å². The van der Waals surface area contributed by atoms with Crippen molar-refractivity contribution in [3.05, 3.63) is 35.9 Å². The smallest absolute Gasteiger partial charge is 0.222 e. The fourth-order valence-corrected chi connectivity index (χ4v) is 2.48. The van der Waals surface area contributed by atoms with E-state index >= 15 is 0 Å². The summed E-state index contributed by atoms with van der Waals surface area (Å²) in [4.78, 5) is 11.9. The molecule has 0 aliphatic carbocycles. The number of carbonyl (C=O) groups excluding carboxylic acids is 1. The van der Waals surface area contributed by atoms with Crippen LogP contribution in [0.5, 0.6) is 0 Å². The minimum atomic E-state index is -0.0668. The molecule has 0 saturated heterocycles. The third-order valence-electron chi connectivity index (χ3n) is 3.82. The summed E-state index contributed by atoms with van der Waals surface area (Å²) >= 11 is 0. The molecule has 1 rings (SSSR count). The van der Waals surface area contributed by atoms with Crippen LogP contribution in [0.25, 0.3) is 0 Å². The van der Waals surface area contributed by atoms with Gasteiger partial charge in [0.15, 0.2) is 0 Å². The van der Waals surface area contributed by atoms with Crippen LogP contribution in [0.3, 0.4) is 0 Å². The second-order valence-electron chi connectivity index (χ2n) is 7.09. The van der Waals surface area contributed by atoms with Crippen LogP contribution in [0.2, 0.25) is 0 Å². The molecule has 22 heavy (non-hydrogen) atoms. The maximum absolute atomic E-state index is 11.9. The molecule has 0 heterocycles. The van der Waals surface area contributed by atoms with Crippen molar-refractivity contribution in [2.75, 3.05) is 13.2 Å². The average molecular weight is 305 g/mol. The predicted molar refractivity (Wildman–Crippen MR) is 92.0 cm³/mol. The largest absolute Gasteiger partial charge is 0.378 e. The summed E-state index contributed by atoms with van der Waals surface area (Å²) in [6.07, 6.45) is 1.67. The number of amides is 1. The van der Waals surface area contributed by atoms with Gasteiger partial charge < -0.3 is 10.1 Å². The molecule has 0 spiro atoms. The molecule has 0 radical (unpaired) electrons. The van der Waals surface area contributed by atoms with E-state index in [-0.39, 0.29) is 17.4 Å². The van der Waals surface area contributed by atoms with Crippen LogP contribution >= 0.6 is 0 Å². The highest BCUT2D eigenvalue weighted by Gasteiger charge is 2.20. The Bertz CT molecular complexity index is 440. The van der Waals surface area contributed by atoms with Crippen molar-refractivity contribution in [3.8, 4) is 0 Å². The van der Waals surface area contributed by atoms with Gasteiger partial charge in [-0.05, 0) is 24.8 Å². The van der Waals surface area contributed by atoms with Crippen molar-refractivity contribution in [2.45, 2.75) is 59.0 Å². The fourth-order valence-electron chi connectivity index (χ4n) is 2.48. The number of rotatable bonds is 9. The minimum absolute atomic E-state index is 0.0563. The van der Waals surface area contributed by atoms with Crippen LogP contribution < -0.4 is 5.32 Å². The average Bonchev–Trinajstić information content (AvgIpc) is 2.45. The number of nitrogens with one attached hydrogen (secondary N) is 1. The van der Waals surface area contributed by atoms with Gasteiger partial charge in [0.05, 0.1) is 12.7 Å². The topological polar surface area (TPSA) is 38.3 Å². The Labute approximate surface area is 135 Å². The van der Waals surface area contributed by atoms with Gasteiger partial charge in [-0.2, -0.15) is 0 Å². The first-order chi connectivity index (χ1) is 10.3. The summed E-state index contributed by atoms with van der Waals surface area (Å²) in [6, 6.07) is 10.3. The van der Waals surface area contributed by atoms with Crippen LogP contribution in [-0.4, -0.2) is 25.2 Å². The summed E-state index contributed by atoms with van der Waals surface area (Å²) in [5.41, 5.74) is 1.17. The predicted octanol–water partition coefficient (Wildman–Crippen LogP) is 3.92. The highest BCUT2D eigenvalue weighted by atomic mass is 16.5. The first-order valence-electron chi connectivity index (χ1n) is 8.25. The lowest BCUT2D eigenvalue weighted by molar-refractivity contribution is -0.122. The van der Waals surface area contributed by atoms with Gasteiger partial charge in [-0.3, -0.25) is 4.79 Å². The molecule has 1 atom stereocenters. The minimum Gasteiger partial charge on any atom is -0.378 e. The zero-order valence-corrected chi connectivity index (χ0v) is 14.7. The molecule has 1 aromatic rings. The Hall–Kier alpha value is -1.35. The lowest BCUT2D eigenvalue weighted by Crippen LogP contribution is -2.37. The summed E-state index contributed by atoms with van der Waals surface area (Å²) in [5, 5.41) is 3.02. The van der Waals surface area contributed by atoms with Crippen molar-refractivity contribution < 1.29 is 9.53 Å². The van der Waals surface area contributed by atoms with Gasteiger partial charge in [0, 0.05) is 18.4 Å². The van der Waals surface area contributed by atoms with E-state index in [1.165, 1.54) is 5.56 Å². The Kier molecular flexibility index (Phi) is 7.60. The summed E-state index contributed by atoms with van der Waals surface area (Å²) in [6.45, 7) is 11.8. The molecule has 0 unspecified atom stereocenters. The normalized spacial score (nSPS) is 13.2.